The number of benzene rings is 1. The van der Waals surface area contributed by atoms with Crippen molar-refractivity contribution >= 4 is 9.84 Å². The van der Waals surface area contributed by atoms with E-state index in [1.807, 2.05) is 19.9 Å². The van der Waals surface area contributed by atoms with E-state index < -0.39 is 14.6 Å². The van der Waals surface area contributed by atoms with Crippen molar-refractivity contribution in [3.05, 3.63) is 41.5 Å². The second-order valence-corrected chi connectivity index (χ2v) is 9.85. The van der Waals surface area contributed by atoms with Crippen LogP contribution in [0.1, 0.15) is 47.0 Å². The lowest BCUT2D eigenvalue weighted by atomic mass is 10.0. The highest BCUT2D eigenvalue weighted by Gasteiger charge is 2.35. The van der Waals surface area contributed by atoms with E-state index >= 15 is 0 Å². The lowest BCUT2D eigenvalue weighted by Crippen LogP contribution is -2.35. The van der Waals surface area contributed by atoms with Gasteiger partial charge in [-0.05, 0) is 65.6 Å². The number of hydrogen-bond donors (Lipinski definition) is 0. The van der Waals surface area contributed by atoms with Crippen LogP contribution in [-0.4, -0.2) is 37.7 Å². The highest BCUT2D eigenvalue weighted by Crippen LogP contribution is 2.29. The number of sulfone groups is 1. The minimum atomic E-state index is -3.29. The van der Waals surface area contributed by atoms with Crippen LogP contribution in [0.25, 0.3) is 0 Å². The zero-order chi connectivity index (χ0) is 17.1. The van der Waals surface area contributed by atoms with E-state index in [-0.39, 0.29) is 0 Å². The van der Waals surface area contributed by atoms with Crippen molar-refractivity contribution in [2.45, 2.75) is 56.6 Å². The molecule has 0 fully saturated rings. The topological polar surface area (TPSA) is 37.4 Å². The summed E-state index contributed by atoms with van der Waals surface area (Å²) >= 11 is 0. The van der Waals surface area contributed by atoms with Gasteiger partial charge in [0.1, 0.15) is 0 Å². The van der Waals surface area contributed by atoms with E-state index in [0.29, 0.717) is 11.3 Å². The Hall–Kier alpha value is -1.13. The van der Waals surface area contributed by atoms with Gasteiger partial charge in [0.15, 0.2) is 9.84 Å². The van der Waals surface area contributed by atoms with Gasteiger partial charge in [-0.3, -0.25) is 4.90 Å². The maximum absolute atomic E-state index is 12.8. The summed E-state index contributed by atoms with van der Waals surface area (Å²) in [5.74, 6) is 0. The van der Waals surface area contributed by atoms with Crippen LogP contribution in [0.2, 0.25) is 0 Å². The molecule has 0 saturated carbocycles. The fraction of sp³-hybridized carbons (Fsp3) is 0.579. The quantitative estimate of drug-likeness (QED) is 0.736. The average molecular weight is 336 g/mol. The van der Waals surface area contributed by atoms with Gasteiger partial charge in [-0.25, -0.2) is 8.42 Å². The summed E-state index contributed by atoms with van der Waals surface area (Å²) in [5, 5.41) is 0. The minimum Gasteiger partial charge on any atom is -0.299 e. The third kappa shape index (κ3) is 4.24. The molecular formula is C19H29NO2S. The van der Waals surface area contributed by atoms with E-state index in [1.54, 1.807) is 24.3 Å². The Kier molecular flexibility index (Phi) is 5.69. The first-order chi connectivity index (χ1) is 10.7. The monoisotopic (exact) mass is 335 g/mol. The summed E-state index contributed by atoms with van der Waals surface area (Å²) in [6, 6.07) is 8.81. The van der Waals surface area contributed by atoms with Gasteiger partial charge in [-0.1, -0.05) is 29.3 Å². The van der Waals surface area contributed by atoms with E-state index in [0.717, 1.165) is 32.5 Å². The van der Waals surface area contributed by atoms with Crippen LogP contribution < -0.4 is 0 Å². The molecule has 0 N–H and O–H groups in total. The molecular weight excluding hydrogens is 306 g/mol. The second-order valence-electron chi connectivity index (χ2n) is 7.27. The minimum absolute atomic E-state index is 0.428. The predicted octanol–water partition coefficient (Wildman–Crippen LogP) is 4.06. The molecule has 0 saturated heterocycles. The molecule has 0 spiro atoms. The second kappa shape index (κ2) is 7.18. The maximum atomic E-state index is 12.8. The SMILES string of the molecule is CC1=C(C)CN(CCCC(C)(C)S(=O)(=O)c2ccccc2)CC1. The van der Waals surface area contributed by atoms with Crippen molar-refractivity contribution in [1.29, 1.82) is 0 Å². The molecule has 1 aromatic carbocycles. The Labute approximate surface area is 141 Å². The van der Waals surface area contributed by atoms with Gasteiger partial charge in [-0.2, -0.15) is 0 Å². The van der Waals surface area contributed by atoms with Gasteiger partial charge >= 0.3 is 0 Å². The molecule has 1 aliphatic heterocycles. The normalized spacial score (nSPS) is 17.6. The van der Waals surface area contributed by atoms with Gasteiger partial charge in [0.2, 0.25) is 0 Å². The van der Waals surface area contributed by atoms with E-state index in [2.05, 4.69) is 18.7 Å². The Morgan fingerprint density at radius 2 is 1.74 bits per heavy atom. The lowest BCUT2D eigenvalue weighted by molar-refractivity contribution is 0.275. The van der Waals surface area contributed by atoms with Crippen LogP contribution in [0, 0.1) is 0 Å². The zero-order valence-electron chi connectivity index (χ0n) is 14.8. The molecule has 23 heavy (non-hydrogen) atoms. The Morgan fingerprint density at radius 1 is 1.09 bits per heavy atom. The molecule has 1 heterocycles. The van der Waals surface area contributed by atoms with E-state index in [9.17, 15) is 8.42 Å². The number of hydrogen-bond acceptors (Lipinski definition) is 3. The average Bonchev–Trinajstić information content (AvgIpc) is 2.51. The zero-order valence-corrected chi connectivity index (χ0v) is 15.6. The van der Waals surface area contributed by atoms with Gasteiger partial charge < -0.3 is 0 Å². The predicted molar refractivity (Wildman–Crippen MR) is 96.4 cm³/mol. The fourth-order valence-corrected chi connectivity index (χ4v) is 4.63. The highest BCUT2D eigenvalue weighted by atomic mass is 32.2. The summed E-state index contributed by atoms with van der Waals surface area (Å²) in [5.41, 5.74) is 2.97. The molecule has 0 aliphatic carbocycles. The Bertz CT molecular complexity index is 660. The molecule has 0 amide bonds. The third-order valence-corrected chi connectivity index (χ3v) is 7.58. The molecule has 128 valence electrons. The van der Waals surface area contributed by atoms with Crippen LogP contribution in [-0.2, 0) is 9.84 Å². The van der Waals surface area contributed by atoms with Crippen LogP contribution in [0.5, 0.6) is 0 Å². The van der Waals surface area contributed by atoms with Gasteiger partial charge in [-0.15, -0.1) is 0 Å². The molecule has 2 rings (SSSR count). The highest BCUT2D eigenvalue weighted by molar-refractivity contribution is 7.92. The van der Waals surface area contributed by atoms with E-state index in [4.69, 9.17) is 0 Å². The molecule has 0 atom stereocenters. The van der Waals surface area contributed by atoms with E-state index in [1.165, 1.54) is 11.1 Å². The van der Waals surface area contributed by atoms with Crippen LogP contribution in [0.15, 0.2) is 46.4 Å². The lowest BCUT2D eigenvalue weighted by Gasteiger charge is -2.30. The molecule has 0 unspecified atom stereocenters. The summed E-state index contributed by atoms with van der Waals surface area (Å²) in [7, 11) is -3.29. The number of rotatable bonds is 6. The standard InChI is InChI=1S/C19H29NO2S/c1-16-11-14-20(15-17(16)2)13-8-12-19(3,4)23(21,22)18-9-6-5-7-10-18/h5-7,9-10H,8,11-15H2,1-4H3. The Balaban J connectivity index is 1.94. The van der Waals surface area contributed by atoms with Crippen LogP contribution in [0.4, 0.5) is 0 Å². The fourth-order valence-electron chi connectivity index (χ4n) is 3.06. The van der Waals surface area contributed by atoms with Gasteiger partial charge in [0.25, 0.3) is 0 Å². The van der Waals surface area contributed by atoms with Gasteiger partial charge in [0.05, 0.1) is 9.64 Å². The van der Waals surface area contributed by atoms with Crippen LogP contribution in [0.3, 0.4) is 0 Å². The summed E-state index contributed by atoms with van der Waals surface area (Å²) in [6.45, 7) is 11.2. The first-order valence-electron chi connectivity index (χ1n) is 8.41. The van der Waals surface area contributed by atoms with Crippen molar-refractivity contribution in [2.75, 3.05) is 19.6 Å². The first kappa shape index (κ1) is 18.2. The largest absolute Gasteiger partial charge is 0.299 e. The molecule has 0 bridgehead atoms. The maximum Gasteiger partial charge on any atom is 0.183 e. The van der Waals surface area contributed by atoms with Crippen molar-refractivity contribution in [1.82, 2.24) is 4.90 Å². The number of nitrogens with zero attached hydrogens (tertiary/aromatic N) is 1. The molecule has 0 aromatic heterocycles. The molecule has 1 aromatic rings. The molecule has 0 radical (unpaired) electrons. The molecule has 3 nitrogen and oxygen atoms in total. The molecule has 4 heteroatoms. The van der Waals surface area contributed by atoms with Crippen molar-refractivity contribution in [3.63, 3.8) is 0 Å². The summed E-state index contributed by atoms with van der Waals surface area (Å²) in [6.07, 6.45) is 2.73. The third-order valence-electron chi connectivity index (χ3n) is 5.03. The molecule has 1 aliphatic rings. The van der Waals surface area contributed by atoms with Crippen molar-refractivity contribution in [2.24, 2.45) is 0 Å². The van der Waals surface area contributed by atoms with Crippen molar-refractivity contribution < 1.29 is 8.42 Å². The van der Waals surface area contributed by atoms with Crippen molar-refractivity contribution in [3.8, 4) is 0 Å². The smallest absolute Gasteiger partial charge is 0.183 e. The first-order valence-corrected chi connectivity index (χ1v) is 9.89. The van der Waals surface area contributed by atoms with Crippen LogP contribution >= 0.6 is 0 Å². The summed E-state index contributed by atoms with van der Waals surface area (Å²) in [4.78, 5) is 2.87. The summed E-state index contributed by atoms with van der Waals surface area (Å²) < 4.78 is 24.9. The van der Waals surface area contributed by atoms with Gasteiger partial charge in [0, 0.05) is 13.1 Å². The Morgan fingerprint density at radius 3 is 2.35 bits per heavy atom.